The van der Waals surface area contributed by atoms with Crippen molar-refractivity contribution in [1.82, 2.24) is 0 Å². The van der Waals surface area contributed by atoms with Crippen LogP contribution in [0.15, 0.2) is 18.2 Å². The molecule has 0 aromatic heterocycles. The van der Waals surface area contributed by atoms with Crippen molar-refractivity contribution in [3.63, 3.8) is 0 Å². The van der Waals surface area contributed by atoms with Crippen LogP contribution in [0.5, 0.6) is 0 Å². The van der Waals surface area contributed by atoms with Crippen molar-refractivity contribution in [1.29, 1.82) is 0 Å². The molecule has 1 rings (SSSR count). The molecule has 1 aromatic carbocycles. The predicted molar refractivity (Wildman–Crippen MR) is 61.6 cm³/mol. The third kappa shape index (κ3) is 3.53. The van der Waals surface area contributed by atoms with Crippen LogP contribution in [0.4, 0.5) is 18.9 Å². The van der Waals surface area contributed by atoms with Gasteiger partial charge in [-0.25, -0.2) is 4.79 Å². The SMILES string of the molecule is COC(=O)C(C)Nc1ccc(Cl)c(C(F)(F)F)c1. The van der Waals surface area contributed by atoms with Gasteiger partial charge in [0, 0.05) is 5.69 Å². The fraction of sp³-hybridized carbons (Fsp3) is 0.364. The molecule has 3 nitrogen and oxygen atoms in total. The fourth-order valence-corrected chi connectivity index (χ4v) is 1.54. The molecule has 18 heavy (non-hydrogen) atoms. The molecule has 1 N–H and O–H groups in total. The van der Waals surface area contributed by atoms with Gasteiger partial charge in [0.25, 0.3) is 0 Å². The highest BCUT2D eigenvalue weighted by Gasteiger charge is 2.33. The minimum absolute atomic E-state index is 0.143. The number of methoxy groups -OCH3 is 1. The Kier molecular flexibility index (Phi) is 4.45. The lowest BCUT2D eigenvalue weighted by Crippen LogP contribution is -2.27. The number of hydrogen-bond donors (Lipinski definition) is 1. The Labute approximate surface area is 107 Å². The van der Waals surface area contributed by atoms with Crippen LogP contribution in [0.1, 0.15) is 12.5 Å². The van der Waals surface area contributed by atoms with Gasteiger partial charge in [0.15, 0.2) is 0 Å². The van der Waals surface area contributed by atoms with Crippen LogP contribution in [0.25, 0.3) is 0 Å². The lowest BCUT2D eigenvalue weighted by Gasteiger charge is -2.15. The topological polar surface area (TPSA) is 38.3 Å². The van der Waals surface area contributed by atoms with Crippen LogP contribution in [0.3, 0.4) is 0 Å². The first kappa shape index (κ1) is 14.6. The zero-order valence-electron chi connectivity index (χ0n) is 9.64. The quantitative estimate of drug-likeness (QED) is 0.864. The number of nitrogens with one attached hydrogen (secondary N) is 1. The Morgan fingerprint density at radius 2 is 2.06 bits per heavy atom. The zero-order chi connectivity index (χ0) is 13.9. The molecule has 7 heteroatoms. The molecule has 0 aliphatic heterocycles. The summed E-state index contributed by atoms with van der Waals surface area (Å²) >= 11 is 5.47. The molecule has 1 aromatic rings. The number of esters is 1. The normalized spacial score (nSPS) is 13.0. The summed E-state index contributed by atoms with van der Waals surface area (Å²) < 4.78 is 42.2. The van der Waals surface area contributed by atoms with Crippen molar-refractivity contribution in [2.24, 2.45) is 0 Å². The molecule has 0 aliphatic rings. The van der Waals surface area contributed by atoms with Crippen molar-refractivity contribution in [3.05, 3.63) is 28.8 Å². The monoisotopic (exact) mass is 281 g/mol. The van der Waals surface area contributed by atoms with Gasteiger partial charge in [0.1, 0.15) is 6.04 Å². The third-order valence-electron chi connectivity index (χ3n) is 2.21. The molecular formula is C11H11ClF3NO2. The number of carbonyl (C=O) groups excluding carboxylic acids is 1. The molecule has 0 amide bonds. The van der Waals surface area contributed by atoms with E-state index in [-0.39, 0.29) is 5.69 Å². The number of ether oxygens (including phenoxy) is 1. The van der Waals surface area contributed by atoms with Crippen molar-refractivity contribution in [3.8, 4) is 0 Å². The van der Waals surface area contributed by atoms with E-state index in [1.807, 2.05) is 0 Å². The molecule has 0 bridgehead atoms. The average Bonchev–Trinajstić information content (AvgIpc) is 2.29. The van der Waals surface area contributed by atoms with Gasteiger partial charge < -0.3 is 10.1 Å². The number of rotatable bonds is 3. The Hall–Kier alpha value is -1.43. The maximum atomic E-state index is 12.6. The summed E-state index contributed by atoms with van der Waals surface area (Å²) in [5, 5.41) is 2.21. The highest BCUT2D eigenvalue weighted by Crippen LogP contribution is 2.36. The number of carbonyl (C=O) groups is 1. The number of anilines is 1. The number of alkyl halides is 3. The van der Waals surface area contributed by atoms with E-state index in [0.717, 1.165) is 12.1 Å². The summed E-state index contributed by atoms with van der Waals surface area (Å²) in [6.07, 6.45) is -4.54. The molecule has 0 radical (unpaired) electrons. The molecule has 0 saturated heterocycles. The van der Waals surface area contributed by atoms with E-state index in [1.165, 1.54) is 20.1 Å². The summed E-state index contributed by atoms with van der Waals surface area (Å²) in [5.41, 5.74) is -0.809. The molecule has 0 fully saturated rings. The first-order chi connectivity index (χ1) is 8.25. The number of hydrogen-bond acceptors (Lipinski definition) is 3. The summed E-state index contributed by atoms with van der Waals surface area (Å²) in [7, 11) is 1.20. The van der Waals surface area contributed by atoms with Gasteiger partial charge in [-0.2, -0.15) is 13.2 Å². The third-order valence-corrected chi connectivity index (χ3v) is 2.54. The van der Waals surface area contributed by atoms with Gasteiger partial charge in [0.2, 0.25) is 0 Å². The van der Waals surface area contributed by atoms with Crippen molar-refractivity contribution in [2.45, 2.75) is 19.1 Å². The zero-order valence-corrected chi connectivity index (χ0v) is 10.4. The van der Waals surface area contributed by atoms with Gasteiger partial charge in [-0.1, -0.05) is 11.6 Å². The molecular weight excluding hydrogens is 271 g/mol. The molecule has 0 spiro atoms. The predicted octanol–water partition coefficient (Wildman–Crippen LogP) is 3.33. The molecule has 0 aliphatic carbocycles. The highest BCUT2D eigenvalue weighted by atomic mass is 35.5. The van der Waals surface area contributed by atoms with Gasteiger partial charge in [-0.3, -0.25) is 0 Å². The van der Waals surface area contributed by atoms with Crippen LogP contribution in [0.2, 0.25) is 5.02 Å². The summed E-state index contributed by atoms with van der Waals surface area (Å²) in [5.74, 6) is -0.571. The van der Waals surface area contributed by atoms with Crippen LogP contribution >= 0.6 is 11.6 Å². The van der Waals surface area contributed by atoms with Crippen LogP contribution in [0, 0.1) is 0 Å². The second kappa shape index (κ2) is 5.48. The smallest absolute Gasteiger partial charge is 0.417 e. The molecule has 1 unspecified atom stereocenters. The van der Waals surface area contributed by atoms with Crippen LogP contribution in [-0.2, 0) is 15.7 Å². The Balaban J connectivity index is 2.96. The summed E-state index contributed by atoms with van der Waals surface area (Å²) in [6.45, 7) is 1.48. The largest absolute Gasteiger partial charge is 0.467 e. The van der Waals surface area contributed by atoms with Gasteiger partial charge in [0.05, 0.1) is 17.7 Å². The van der Waals surface area contributed by atoms with Crippen molar-refractivity contribution in [2.75, 3.05) is 12.4 Å². The van der Waals surface area contributed by atoms with Gasteiger partial charge in [-0.05, 0) is 25.1 Å². The second-order valence-corrected chi connectivity index (χ2v) is 3.99. The number of halogens is 4. The van der Waals surface area contributed by atoms with Gasteiger partial charge >= 0.3 is 12.1 Å². The van der Waals surface area contributed by atoms with Crippen molar-refractivity contribution < 1.29 is 22.7 Å². The van der Waals surface area contributed by atoms with Crippen LogP contribution in [-0.4, -0.2) is 19.1 Å². The maximum absolute atomic E-state index is 12.6. The van der Waals surface area contributed by atoms with E-state index in [2.05, 4.69) is 10.1 Å². The van der Waals surface area contributed by atoms with E-state index < -0.39 is 28.8 Å². The minimum atomic E-state index is -4.54. The number of benzene rings is 1. The molecule has 0 heterocycles. The first-order valence-corrected chi connectivity index (χ1v) is 5.34. The Morgan fingerprint density at radius 3 is 2.56 bits per heavy atom. The Bertz CT molecular complexity index is 448. The lowest BCUT2D eigenvalue weighted by molar-refractivity contribution is -0.141. The fourth-order valence-electron chi connectivity index (χ4n) is 1.32. The summed E-state index contributed by atoms with van der Waals surface area (Å²) in [6, 6.07) is 2.58. The van der Waals surface area contributed by atoms with E-state index in [0.29, 0.717) is 0 Å². The maximum Gasteiger partial charge on any atom is 0.417 e. The molecule has 0 saturated carbocycles. The average molecular weight is 282 g/mol. The van der Waals surface area contributed by atoms with E-state index in [4.69, 9.17) is 11.6 Å². The van der Waals surface area contributed by atoms with Gasteiger partial charge in [-0.15, -0.1) is 0 Å². The first-order valence-electron chi connectivity index (χ1n) is 4.97. The Morgan fingerprint density at radius 1 is 1.44 bits per heavy atom. The lowest BCUT2D eigenvalue weighted by atomic mass is 10.2. The standard InChI is InChI=1S/C11H11ClF3NO2/c1-6(10(17)18-2)16-7-3-4-9(12)8(5-7)11(13,14)15/h3-6,16H,1-2H3. The highest BCUT2D eigenvalue weighted by molar-refractivity contribution is 6.31. The molecule has 1 atom stereocenters. The molecule has 100 valence electrons. The second-order valence-electron chi connectivity index (χ2n) is 3.58. The van der Waals surface area contributed by atoms with E-state index in [9.17, 15) is 18.0 Å². The van der Waals surface area contributed by atoms with E-state index in [1.54, 1.807) is 0 Å². The minimum Gasteiger partial charge on any atom is -0.467 e. The van der Waals surface area contributed by atoms with E-state index >= 15 is 0 Å². The van der Waals surface area contributed by atoms with Crippen LogP contribution < -0.4 is 5.32 Å². The summed E-state index contributed by atoms with van der Waals surface area (Å²) in [4.78, 5) is 11.1. The van der Waals surface area contributed by atoms with Crippen molar-refractivity contribution >= 4 is 23.3 Å².